The molecule has 1 heterocycles. The molecule has 8 heteroatoms. The third kappa shape index (κ3) is 3.36. The van der Waals surface area contributed by atoms with Gasteiger partial charge in [-0.3, -0.25) is 0 Å². The van der Waals surface area contributed by atoms with Crippen LogP contribution in [-0.2, 0) is 6.18 Å². The normalized spacial score (nSPS) is 11.5. The van der Waals surface area contributed by atoms with Crippen LogP contribution in [0.2, 0.25) is 5.15 Å². The highest BCUT2D eigenvalue weighted by Gasteiger charge is 2.35. The third-order valence-corrected chi connectivity index (χ3v) is 2.59. The largest absolute Gasteiger partial charge is 0.451 e. The summed E-state index contributed by atoms with van der Waals surface area (Å²) < 4.78 is 50.9. The molecule has 0 aliphatic carbocycles. The predicted molar refractivity (Wildman–Crippen MR) is 66.5 cm³/mol. The van der Waals surface area contributed by atoms with Crippen LogP contribution in [0.4, 0.5) is 29.1 Å². The lowest BCUT2D eigenvalue weighted by molar-refractivity contribution is -0.144. The lowest BCUT2D eigenvalue weighted by atomic mass is 10.2. The Balaban J connectivity index is 2.33. The number of hydrogen-bond donors (Lipinski definition) is 1. The Bertz CT molecular complexity index is 643. The average Bonchev–Trinajstić information content (AvgIpc) is 2.32. The van der Waals surface area contributed by atoms with Gasteiger partial charge in [-0.15, -0.1) is 0 Å². The molecular formula is C12H8ClF4N3. The molecule has 3 nitrogen and oxygen atoms in total. The molecule has 0 radical (unpaired) electrons. The first-order valence-corrected chi connectivity index (χ1v) is 5.78. The fraction of sp³-hybridized carbons (Fsp3) is 0.167. The summed E-state index contributed by atoms with van der Waals surface area (Å²) in [4.78, 5) is 6.39. The molecule has 1 aromatic carbocycles. The number of aryl methyl sites for hydroxylation is 1. The van der Waals surface area contributed by atoms with Gasteiger partial charge in [0.2, 0.25) is 5.82 Å². The van der Waals surface area contributed by atoms with E-state index in [1.807, 2.05) is 0 Å². The van der Waals surface area contributed by atoms with Crippen molar-refractivity contribution in [3.63, 3.8) is 0 Å². The molecule has 0 bridgehead atoms. The van der Waals surface area contributed by atoms with Gasteiger partial charge in [0.05, 0.1) is 0 Å². The molecule has 1 N–H and O–H groups in total. The van der Waals surface area contributed by atoms with Crippen LogP contribution < -0.4 is 5.32 Å². The molecule has 2 rings (SSSR count). The van der Waals surface area contributed by atoms with Crippen molar-refractivity contribution in [2.24, 2.45) is 0 Å². The number of alkyl halides is 3. The Morgan fingerprint density at radius 3 is 2.45 bits per heavy atom. The monoisotopic (exact) mass is 305 g/mol. The van der Waals surface area contributed by atoms with Crippen LogP contribution in [0.5, 0.6) is 0 Å². The van der Waals surface area contributed by atoms with Crippen molar-refractivity contribution >= 4 is 23.1 Å². The fourth-order valence-electron chi connectivity index (χ4n) is 1.43. The van der Waals surface area contributed by atoms with E-state index < -0.39 is 17.8 Å². The molecule has 0 saturated carbocycles. The molecule has 0 atom stereocenters. The number of rotatable bonds is 2. The maximum Gasteiger partial charge on any atom is 0.451 e. The van der Waals surface area contributed by atoms with E-state index in [1.54, 1.807) is 6.92 Å². The standard InChI is InChI=1S/C12H8ClF4N3/c1-6-2-3-7(4-8(6)14)18-10-5-9(13)19-11(20-10)12(15,16)17/h2-5H,1H3,(H,18,19,20). The van der Waals surface area contributed by atoms with Gasteiger partial charge in [-0.05, 0) is 24.6 Å². The molecular weight excluding hydrogens is 298 g/mol. The summed E-state index contributed by atoms with van der Waals surface area (Å²) in [5.41, 5.74) is 0.684. The van der Waals surface area contributed by atoms with Gasteiger partial charge < -0.3 is 5.32 Å². The maximum atomic E-state index is 13.4. The SMILES string of the molecule is Cc1ccc(Nc2cc(Cl)nc(C(F)(F)F)n2)cc1F. The lowest BCUT2D eigenvalue weighted by Crippen LogP contribution is -2.12. The Labute approximate surface area is 116 Å². The Morgan fingerprint density at radius 2 is 1.85 bits per heavy atom. The maximum absolute atomic E-state index is 13.4. The number of aromatic nitrogens is 2. The second-order valence-corrected chi connectivity index (χ2v) is 4.37. The first kappa shape index (κ1) is 14.5. The van der Waals surface area contributed by atoms with Crippen molar-refractivity contribution in [2.75, 3.05) is 5.32 Å². The Hall–Kier alpha value is -1.89. The summed E-state index contributed by atoms with van der Waals surface area (Å²) in [6.07, 6.45) is -4.71. The summed E-state index contributed by atoms with van der Waals surface area (Å²) in [5, 5.41) is 2.19. The van der Waals surface area contributed by atoms with Gasteiger partial charge in [-0.2, -0.15) is 13.2 Å². The van der Waals surface area contributed by atoms with E-state index in [9.17, 15) is 17.6 Å². The Kier molecular flexibility index (Phi) is 3.80. The van der Waals surface area contributed by atoms with Gasteiger partial charge in [0, 0.05) is 11.8 Å². The number of anilines is 2. The van der Waals surface area contributed by atoms with Gasteiger partial charge in [-0.25, -0.2) is 14.4 Å². The summed E-state index contributed by atoms with van der Waals surface area (Å²) in [6, 6.07) is 5.28. The first-order valence-electron chi connectivity index (χ1n) is 5.40. The second kappa shape index (κ2) is 5.24. The van der Waals surface area contributed by atoms with E-state index in [2.05, 4.69) is 15.3 Å². The van der Waals surface area contributed by atoms with E-state index in [4.69, 9.17) is 11.6 Å². The number of nitrogens with zero attached hydrogens (tertiary/aromatic N) is 2. The summed E-state index contributed by atoms with van der Waals surface area (Å²) in [6.45, 7) is 1.57. The van der Waals surface area contributed by atoms with Crippen LogP contribution in [0.3, 0.4) is 0 Å². The minimum Gasteiger partial charge on any atom is -0.340 e. The third-order valence-electron chi connectivity index (χ3n) is 2.39. The Morgan fingerprint density at radius 1 is 1.15 bits per heavy atom. The van der Waals surface area contributed by atoms with Crippen LogP contribution in [0.25, 0.3) is 0 Å². The average molecular weight is 306 g/mol. The second-order valence-electron chi connectivity index (χ2n) is 3.99. The zero-order chi connectivity index (χ0) is 14.9. The van der Waals surface area contributed by atoms with Crippen LogP contribution in [-0.4, -0.2) is 9.97 Å². The van der Waals surface area contributed by atoms with Crippen molar-refractivity contribution in [1.29, 1.82) is 0 Å². The van der Waals surface area contributed by atoms with Crippen LogP contribution in [0, 0.1) is 12.7 Å². The van der Waals surface area contributed by atoms with Crippen molar-refractivity contribution < 1.29 is 17.6 Å². The molecule has 0 fully saturated rings. The van der Waals surface area contributed by atoms with E-state index >= 15 is 0 Å². The van der Waals surface area contributed by atoms with Gasteiger partial charge in [-0.1, -0.05) is 17.7 Å². The highest BCUT2D eigenvalue weighted by atomic mass is 35.5. The van der Waals surface area contributed by atoms with Crippen molar-refractivity contribution in [2.45, 2.75) is 13.1 Å². The van der Waals surface area contributed by atoms with Crippen molar-refractivity contribution in [1.82, 2.24) is 9.97 Å². The molecule has 106 valence electrons. The summed E-state index contributed by atoms with van der Waals surface area (Å²) in [7, 11) is 0. The smallest absolute Gasteiger partial charge is 0.340 e. The number of benzene rings is 1. The van der Waals surface area contributed by atoms with Gasteiger partial charge in [0.15, 0.2) is 0 Å². The van der Waals surface area contributed by atoms with E-state index in [0.717, 1.165) is 12.1 Å². The molecule has 20 heavy (non-hydrogen) atoms. The molecule has 0 amide bonds. The zero-order valence-corrected chi connectivity index (χ0v) is 10.8. The van der Waals surface area contributed by atoms with Crippen molar-refractivity contribution in [3.05, 3.63) is 46.6 Å². The predicted octanol–water partition coefficient (Wildman–Crippen LogP) is 4.34. The minimum absolute atomic E-state index is 0.166. The molecule has 0 spiro atoms. The summed E-state index contributed by atoms with van der Waals surface area (Å²) in [5.74, 6) is -2.01. The van der Waals surface area contributed by atoms with Crippen molar-refractivity contribution in [3.8, 4) is 0 Å². The molecule has 0 aliphatic heterocycles. The van der Waals surface area contributed by atoms with E-state index in [0.29, 0.717) is 5.56 Å². The number of nitrogens with one attached hydrogen (secondary N) is 1. The zero-order valence-electron chi connectivity index (χ0n) is 10.1. The first-order chi connectivity index (χ1) is 9.25. The quantitative estimate of drug-likeness (QED) is 0.662. The van der Waals surface area contributed by atoms with E-state index in [-0.39, 0.29) is 16.7 Å². The highest BCUT2D eigenvalue weighted by molar-refractivity contribution is 6.29. The topological polar surface area (TPSA) is 37.8 Å². The highest BCUT2D eigenvalue weighted by Crippen LogP contribution is 2.29. The van der Waals surface area contributed by atoms with E-state index in [1.165, 1.54) is 12.1 Å². The molecule has 1 aromatic heterocycles. The van der Waals surface area contributed by atoms with Gasteiger partial charge in [0.25, 0.3) is 0 Å². The van der Waals surface area contributed by atoms with Crippen LogP contribution >= 0.6 is 11.6 Å². The molecule has 0 aliphatic rings. The molecule has 0 saturated heterocycles. The molecule has 2 aromatic rings. The van der Waals surface area contributed by atoms with Crippen LogP contribution in [0.15, 0.2) is 24.3 Å². The summed E-state index contributed by atoms with van der Waals surface area (Å²) >= 11 is 5.51. The number of halogens is 5. The molecule has 0 unspecified atom stereocenters. The minimum atomic E-state index is -4.71. The fourth-order valence-corrected chi connectivity index (χ4v) is 1.61. The lowest BCUT2D eigenvalue weighted by Gasteiger charge is -2.10. The van der Waals surface area contributed by atoms with Gasteiger partial charge >= 0.3 is 6.18 Å². The number of hydrogen-bond acceptors (Lipinski definition) is 3. The van der Waals surface area contributed by atoms with Crippen LogP contribution in [0.1, 0.15) is 11.4 Å². The van der Waals surface area contributed by atoms with Gasteiger partial charge in [0.1, 0.15) is 16.8 Å².